The van der Waals surface area contributed by atoms with Crippen molar-refractivity contribution in [2.75, 3.05) is 31.1 Å². The summed E-state index contributed by atoms with van der Waals surface area (Å²) in [6.07, 6.45) is 3.86. The first kappa shape index (κ1) is 19.8. The van der Waals surface area contributed by atoms with Crippen LogP contribution < -0.4 is 9.64 Å². The van der Waals surface area contributed by atoms with E-state index in [1.807, 2.05) is 43.0 Å². The van der Waals surface area contributed by atoms with Crippen molar-refractivity contribution in [3.63, 3.8) is 0 Å². The zero-order chi connectivity index (χ0) is 21.5. The molecule has 0 bridgehead atoms. The molecule has 1 amide bonds. The van der Waals surface area contributed by atoms with Crippen LogP contribution in [0.4, 0.5) is 5.82 Å². The molecule has 1 saturated heterocycles. The predicted molar refractivity (Wildman–Crippen MR) is 117 cm³/mol. The van der Waals surface area contributed by atoms with Crippen LogP contribution in [0.15, 0.2) is 30.5 Å². The van der Waals surface area contributed by atoms with Crippen LogP contribution in [0.25, 0.3) is 10.9 Å². The molecule has 5 rings (SSSR count). The molecule has 162 valence electrons. The van der Waals surface area contributed by atoms with Gasteiger partial charge in [0.2, 0.25) is 0 Å². The number of aliphatic hydroxyl groups excluding tert-OH is 1. The van der Waals surface area contributed by atoms with Gasteiger partial charge in [-0.1, -0.05) is 0 Å². The number of β-amino-alcohol motifs (C(OH)–C–C–N with tert-alkyl or cyclic N) is 1. The van der Waals surface area contributed by atoms with Crippen molar-refractivity contribution in [2.45, 2.75) is 32.4 Å². The molecule has 0 atom stereocenters. The van der Waals surface area contributed by atoms with E-state index in [1.54, 1.807) is 4.90 Å². The fourth-order valence-electron chi connectivity index (χ4n) is 4.58. The van der Waals surface area contributed by atoms with E-state index in [1.165, 1.54) is 0 Å². The number of hydrogen-bond acceptors (Lipinski definition) is 6. The largest absolute Gasteiger partial charge is 0.490 e. The molecular weight excluding hydrogens is 394 g/mol. The van der Waals surface area contributed by atoms with E-state index in [-0.39, 0.29) is 18.6 Å². The highest BCUT2D eigenvalue weighted by atomic mass is 16.5. The summed E-state index contributed by atoms with van der Waals surface area (Å²) in [4.78, 5) is 21.2. The summed E-state index contributed by atoms with van der Waals surface area (Å²) in [5.74, 6) is 1.80. The molecule has 2 aliphatic rings. The van der Waals surface area contributed by atoms with Crippen LogP contribution in [0.1, 0.15) is 34.5 Å². The fraction of sp³-hybridized carbons (Fsp3) is 0.435. The molecule has 0 unspecified atom stereocenters. The van der Waals surface area contributed by atoms with Gasteiger partial charge in [0.1, 0.15) is 17.7 Å². The number of rotatable bonds is 5. The number of aromatic nitrogens is 3. The zero-order valence-electron chi connectivity index (χ0n) is 17.9. The molecule has 8 nitrogen and oxygen atoms in total. The Morgan fingerprint density at radius 1 is 1.23 bits per heavy atom. The van der Waals surface area contributed by atoms with Crippen LogP contribution in [-0.2, 0) is 13.6 Å². The van der Waals surface area contributed by atoms with Crippen LogP contribution in [0, 0.1) is 6.92 Å². The summed E-state index contributed by atoms with van der Waals surface area (Å²) >= 11 is 0. The number of carbonyl (C=O) groups is 1. The maximum Gasteiger partial charge on any atom is 0.256 e. The Balaban J connectivity index is 1.25. The van der Waals surface area contributed by atoms with Gasteiger partial charge in [0.05, 0.1) is 36.1 Å². The molecule has 3 aromatic rings. The number of ether oxygens (including phenoxy) is 1. The van der Waals surface area contributed by atoms with Crippen LogP contribution in [-0.4, -0.2) is 63.0 Å². The molecule has 4 heterocycles. The van der Waals surface area contributed by atoms with Gasteiger partial charge in [-0.2, -0.15) is 5.10 Å². The summed E-state index contributed by atoms with van der Waals surface area (Å²) in [7, 11) is 1.94. The van der Waals surface area contributed by atoms with E-state index < -0.39 is 0 Å². The van der Waals surface area contributed by atoms with Gasteiger partial charge in [-0.25, -0.2) is 4.98 Å². The number of anilines is 1. The van der Waals surface area contributed by atoms with Gasteiger partial charge < -0.3 is 19.6 Å². The van der Waals surface area contributed by atoms with Crippen molar-refractivity contribution < 1.29 is 14.6 Å². The first-order valence-electron chi connectivity index (χ1n) is 10.8. The number of piperidine rings is 1. The number of benzene rings is 1. The first-order valence-corrected chi connectivity index (χ1v) is 10.8. The number of fused-ring (bicyclic) bond motifs is 2. The van der Waals surface area contributed by atoms with Crippen molar-refractivity contribution in [3.05, 3.63) is 47.3 Å². The standard InChI is InChI=1S/C23H27N5O3/c1-15-11-19-20(14-28(9-10-29)23(19)30)25-22(15)27-7-5-17(6-8-27)31-18-3-4-21-16(12-18)13-24-26(21)2/h3-4,11-13,17,29H,5-10,14H2,1-2H3. The number of nitrogens with zero attached hydrogens (tertiary/aromatic N) is 5. The predicted octanol–water partition coefficient (Wildman–Crippen LogP) is 2.27. The molecule has 1 N–H and O–H groups in total. The second-order valence-corrected chi connectivity index (χ2v) is 8.37. The van der Waals surface area contributed by atoms with E-state index in [0.29, 0.717) is 18.7 Å². The Bertz CT molecular complexity index is 1130. The first-order chi connectivity index (χ1) is 15.0. The molecule has 0 saturated carbocycles. The number of carbonyl (C=O) groups excluding carboxylic acids is 1. The molecule has 31 heavy (non-hydrogen) atoms. The fourth-order valence-corrected chi connectivity index (χ4v) is 4.58. The van der Waals surface area contributed by atoms with Gasteiger partial charge in [0.25, 0.3) is 5.91 Å². The third kappa shape index (κ3) is 3.61. The second kappa shape index (κ2) is 7.85. The van der Waals surface area contributed by atoms with Gasteiger partial charge in [-0.15, -0.1) is 0 Å². The van der Waals surface area contributed by atoms with E-state index in [9.17, 15) is 9.90 Å². The molecule has 2 aromatic heterocycles. The van der Waals surface area contributed by atoms with Gasteiger partial charge >= 0.3 is 0 Å². The van der Waals surface area contributed by atoms with Crippen LogP contribution in [0.2, 0.25) is 0 Å². The summed E-state index contributed by atoms with van der Waals surface area (Å²) in [5.41, 5.74) is 3.58. The highest BCUT2D eigenvalue weighted by molar-refractivity contribution is 5.98. The summed E-state index contributed by atoms with van der Waals surface area (Å²) in [6.45, 7) is 4.51. The van der Waals surface area contributed by atoms with Crippen molar-refractivity contribution in [3.8, 4) is 5.75 Å². The van der Waals surface area contributed by atoms with Gasteiger partial charge in [0.15, 0.2) is 0 Å². The number of aryl methyl sites for hydroxylation is 2. The molecule has 0 radical (unpaired) electrons. The number of amides is 1. The Hall–Kier alpha value is -3.13. The van der Waals surface area contributed by atoms with Gasteiger partial charge in [-0.05, 0) is 36.8 Å². The van der Waals surface area contributed by atoms with Crippen molar-refractivity contribution in [1.29, 1.82) is 0 Å². The maximum absolute atomic E-state index is 12.5. The SMILES string of the molecule is Cc1cc2c(nc1N1CCC(Oc3ccc4c(cnn4C)c3)CC1)CN(CCO)C2=O. The Kier molecular flexibility index (Phi) is 5.02. The lowest BCUT2D eigenvalue weighted by Crippen LogP contribution is -2.39. The number of hydrogen-bond donors (Lipinski definition) is 1. The van der Waals surface area contributed by atoms with E-state index in [4.69, 9.17) is 9.72 Å². The topological polar surface area (TPSA) is 83.7 Å². The quantitative estimate of drug-likeness (QED) is 0.681. The minimum atomic E-state index is -0.0381. The molecular formula is C23H27N5O3. The van der Waals surface area contributed by atoms with E-state index in [0.717, 1.165) is 59.7 Å². The second-order valence-electron chi connectivity index (χ2n) is 8.37. The molecule has 2 aliphatic heterocycles. The Labute approximate surface area is 181 Å². The van der Waals surface area contributed by atoms with Crippen LogP contribution >= 0.6 is 0 Å². The average Bonchev–Trinajstić information content (AvgIpc) is 3.28. The third-order valence-electron chi connectivity index (χ3n) is 6.26. The monoisotopic (exact) mass is 421 g/mol. The normalized spacial score (nSPS) is 16.9. The molecule has 1 aromatic carbocycles. The smallest absolute Gasteiger partial charge is 0.256 e. The number of aliphatic hydroxyl groups is 1. The molecule has 8 heteroatoms. The van der Waals surface area contributed by atoms with Gasteiger partial charge in [0, 0.05) is 44.9 Å². The highest BCUT2D eigenvalue weighted by Crippen LogP contribution is 2.30. The Morgan fingerprint density at radius 3 is 2.81 bits per heavy atom. The molecule has 0 aliphatic carbocycles. The lowest BCUT2D eigenvalue weighted by molar-refractivity contribution is 0.0745. The highest BCUT2D eigenvalue weighted by Gasteiger charge is 2.31. The lowest BCUT2D eigenvalue weighted by atomic mass is 10.1. The third-order valence-corrected chi connectivity index (χ3v) is 6.26. The molecule has 0 spiro atoms. The molecule has 1 fully saturated rings. The summed E-state index contributed by atoms with van der Waals surface area (Å²) in [6, 6.07) is 8.06. The summed E-state index contributed by atoms with van der Waals surface area (Å²) in [5, 5.41) is 14.6. The average molecular weight is 422 g/mol. The minimum Gasteiger partial charge on any atom is -0.490 e. The lowest BCUT2D eigenvalue weighted by Gasteiger charge is -2.34. The van der Waals surface area contributed by atoms with Crippen molar-refractivity contribution in [1.82, 2.24) is 19.7 Å². The van der Waals surface area contributed by atoms with Crippen LogP contribution in [0.5, 0.6) is 5.75 Å². The van der Waals surface area contributed by atoms with Crippen LogP contribution in [0.3, 0.4) is 0 Å². The van der Waals surface area contributed by atoms with Crippen molar-refractivity contribution >= 4 is 22.6 Å². The minimum absolute atomic E-state index is 0.0349. The van der Waals surface area contributed by atoms with E-state index in [2.05, 4.69) is 16.1 Å². The summed E-state index contributed by atoms with van der Waals surface area (Å²) < 4.78 is 8.12. The number of pyridine rings is 1. The van der Waals surface area contributed by atoms with E-state index >= 15 is 0 Å². The van der Waals surface area contributed by atoms with Gasteiger partial charge in [-0.3, -0.25) is 9.48 Å². The zero-order valence-corrected chi connectivity index (χ0v) is 17.9. The Morgan fingerprint density at radius 2 is 2.03 bits per heavy atom. The maximum atomic E-state index is 12.5. The van der Waals surface area contributed by atoms with Crippen molar-refractivity contribution in [2.24, 2.45) is 7.05 Å².